The summed E-state index contributed by atoms with van der Waals surface area (Å²) in [6, 6.07) is 12.0. The first-order chi connectivity index (χ1) is 10.7. The number of hydrogen-bond acceptors (Lipinski definition) is 3. The molecule has 3 rings (SSSR count). The molecule has 1 aliphatic rings. The van der Waals surface area contributed by atoms with Crippen LogP contribution in [0.4, 0.5) is 0 Å². The maximum atomic E-state index is 11.1. The van der Waals surface area contributed by atoms with Crippen LogP contribution in [0.1, 0.15) is 54.0 Å². The van der Waals surface area contributed by atoms with Gasteiger partial charge in [-0.15, -0.1) is 0 Å². The predicted molar refractivity (Wildman–Crippen MR) is 83.9 cm³/mol. The van der Waals surface area contributed by atoms with E-state index in [1.54, 1.807) is 6.20 Å². The van der Waals surface area contributed by atoms with Crippen LogP contribution in [0.3, 0.4) is 0 Å². The third-order valence-corrected chi connectivity index (χ3v) is 4.62. The highest BCUT2D eigenvalue weighted by molar-refractivity contribution is 5.85. The van der Waals surface area contributed by atoms with Gasteiger partial charge in [0.1, 0.15) is 5.82 Å². The number of carbonyl (C=O) groups is 1. The fraction of sp³-hybridized carbons (Fsp3) is 0.389. The summed E-state index contributed by atoms with van der Waals surface area (Å²) >= 11 is 0. The number of carboxylic acid groups (broad SMARTS) is 1. The summed E-state index contributed by atoms with van der Waals surface area (Å²) in [4.78, 5) is 19.6. The van der Waals surface area contributed by atoms with Gasteiger partial charge in [-0.2, -0.15) is 0 Å². The van der Waals surface area contributed by atoms with Crippen molar-refractivity contribution in [3.63, 3.8) is 0 Å². The van der Waals surface area contributed by atoms with E-state index in [9.17, 15) is 4.79 Å². The SMILES string of the molecule is O=C(O)c1ccnc(CC2(c3ccccc3)CCCCC2)n1. The van der Waals surface area contributed by atoms with Gasteiger partial charge < -0.3 is 5.11 Å². The maximum Gasteiger partial charge on any atom is 0.354 e. The number of nitrogens with zero attached hydrogens (tertiary/aromatic N) is 2. The van der Waals surface area contributed by atoms with Crippen molar-refractivity contribution in [1.29, 1.82) is 0 Å². The van der Waals surface area contributed by atoms with Gasteiger partial charge in [-0.25, -0.2) is 14.8 Å². The third kappa shape index (κ3) is 3.01. The van der Waals surface area contributed by atoms with Crippen LogP contribution in [0, 0.1) is 0 Å². The van der Waals surface area contributed by atoms with Crippen molar-refractivity contribution < 1.29 is 9.90 Å². The lowest BCUT2D eigenvalue weighted by Gasteiger charge is -2.37. The first-order valence-electron chi connectivity index (χ1n) is 7.80. The fourth-order valence-corrected chi connectivity index (χ4v) is 3.49. The third-order valence-electron chi connectivity index (χ3n) is 4.62. The molecule has 0 bridgehead atoms. The lowest BCUT2D eigenvalue weighted by molar-refractivity contribution is 0.0689. The quantitative estimate of drug-likeness (QED) is 0.936. The minimum atomic E-state index is -0.999. The molecule has 0 atom stereocenters. The Morgan fingerprint density at radius 2 is 1.82 bits per heavy atom. The second kappa shape index (κ2) is 6.26. The zero-order chi connectivity index (χ0) is 15.4. The molecular weight excluding hydrogens is 276 g/mol. The van der Waals surface area contributed by atoms with Crippen molar-refractivity contribution in [2.24, 2.45) is 0 Å². The Labute approximate surface area is 130 Å². The molecule has 0 radical (unpaired) electrons. The number of aromatic nitrogens is 2. The molecule has 1 fully saturated rings. The number of aromatic carboxylic acids is 1. The Kier molecular flexibility index (Phi) is 4.18. The van der Waals surface area contributed by atoms with Crippen LogP contribution >= 0.6 is 0 Å². The average molecular weight is 296 g/mol. The first-order valence-corrected chi connectivity index (χ1v) is 7.80. The van der Waals surface area contributed by atoms with Crippen molar-refractivity contribution in [2.75, 3.05) is 0 Å². The Balaban J connectivity index is 1.94. The van der Waals surface area contributed by atoms with Crippen LogP contribution in [0.15, 0.2) is 42.6 Å². The molecule has 0 spiro atoms. The van der Waals surface area contributed by atoms with Crippen LogP contribution in [0.5, 0.6) is 0 Å². The summed E-state index contributed by atoms with van der Waals surface area (Å²) in [5.74, 6) is -0.369. The smallest absolute Gasteiger partial charge is 0.354 e. The highest BCUT2D eigenvalue weighted by atomic mass is 16.4. The van der Waals surface area contributed by atoms with Crippen molar-refractivity contribution in [3.05, 3.63) is 59.7 Å². The number of hydrogen-bond donors (Lipinski definition) is 1. The molecule has 0 aliphatic heterocycles. The number of carboxylic acids is 1. The lowest BCUT2D eigenvalue weighted by Crippen LogP contribution is -2.32. The first kappa shape index (κ1) is 14.7. The Morgan fingerprint density at radius 1 is 1.09 bits per heavy atom. The van der Waals surface area contributed by atoms with Crippen LogP contribution in [0.2, 0.25) is 0 Å². The van der Waals surface area contributed by atoms with E-state index in [1.807, 2.05) is 6.07 Å². The van der Waals surface area contributed by atoms with Gasteiger partial charge in [0.2, 0.25) is 0 Å². The van der Waals surface area contributed by atoms with E-state index in [4.69, 9.17) is 5.11 Å². The van der Waals surface area contributed by atoms with Crippen molar-refractivity contribution in [2.45, 2.75) is 43.9 Å². The lowest BCUT2D eigenvalue weighted by atomic mass is 9.67. The van der Waals surface area contributed by atoms with E-state index in [-0.39, 0.29) is 11.1 Å². The van der Waals surface area contributed by atoms with Gasteiger partial charge >= 0.3 is 5.97 Å². The summed E-state index contributed by atoms with van der Waals surface area (Å²) < 4.78 is 0. The molecule has 0 amide bonds. The molecule has 1 aromatic carbocycles. The maximum absolute atomic E-state index is 11.1. The van der Waals surface area contributed by atoms with Crippen LogP contribution in [0.25, 0.3) is 0 Å². The molecule has 0 saturated heterocycles. The summed E-state index contributed by atoms with van der Waals surface area (Å²) in [6.45, 7) is 0. The van der Waals surface area contributed by atoms with Gasteiger partial charge in [-0.05, 0) is 24.5 Å². The molecule has 2 aromatic rings. The van der Waals surface area contributed by atoms with Crippen LogP contribution < -0.4 is 0 Å². The van der Waals surface area contributed by atoms with E-state index in [0.29, 0.717) is 12.2 Å². The second-order valence-electron chi connectivity index (χ2n) is 6.05. The Bertz CT molecular complexity index is 649. The standard InChI is InChI=1S/C18H20N2O2/c21-17(22)15-9-12-19-16(20-15)13-18(10-5-2-6-11-18)14-7-3-1-4-8-14/h1,3-4,7-9,12H,2,5-6,10-11,13H2,(H,21,22). The summed E-state index contributed by atoms with van der Waals surface area (Å²) in [7, 11) is 0. The largest absolute Gasteiger partial charge is 0.477 e. The zero-order valence-electron chi connectivity index (χ0n) is 12.5. The highest BCUT2D eigenvalue weighted by Gasteiger charge is 2.34. The fourth-order valence-electron chi connectivity index (χ4n) is 3.49. The Hall–Kier alpha value is -2.23. The van der Waals surface area contributed by atoms with Crippen molar-refractivity contribution >= 4 is 5.97 Å². The Morgan fingerprint density at radius 3 is 2.50 bits per heavy atom. The number of benzene rings is 1. The van der Waals surface area contributed by atoms with Crippen molar-refractivity contribution in [3.8, 4) is 0 Å². The summed E-state index contributed by atoms with van der Waals surface area (Å²) in [6.07, 6.45) is 8.15. The van der Waals surface area contributed by atoms with Gasteiger partial charge in [-0.1, -0.05) is 49.6 Å². The van der Waals surface area contributed by atoms with Gasteiger partial charge in [0.25, 0.3) is 0 Å². The number of rotatable bonds is 4. The molecule has 1 N–H and O–H groups in total. The average Bonchev–Trinajstić information content (AvgIpc) is 2.57. The van der Waals surface area contributed by atoms with Gasteiger partial charge in [0, 0.05) is 18.0 Å². The van der Waals surface area contributed by atoms with Gasteiger partial charge in [0.15, 0.2) is 5.69 Å². The minimum absolute atomic E-state index is 0.0383. The van der Waals surface area contributed by atoms with E-state index < -0.39 is 5.97 Å². The molecule has 4 heteroatoms. The van der Waals surface area contributed by atoms with E-state index in [0.717, 1.165) is 12.8 Å². The molecule has 1 aromatic heterocycles. The highest BCUT2D eigenvalue weighted by Crippen LogP contribution is 2.41. The van der Waals surface area contributed by atoms with Crippen LogP contribution in [-0.4, -0.2) is 21.0 Å². The van der Waals surface area contributed by atoms with Gasteiger partial charge in [-0.3, -0.25) is 0 Å². The topological polar surface area (TPSA) is 63.1 Å². The molecule has 114 valence electrons. The molecule has 1 aliphatic carbocycles. The molecule has 0 unspecified atom stereocenters. The predicted octanol–water partition coefficient (Wildman–Crippen LogP) is 3.62. The molecule has 1 saturated carbocycles. The second-order valence-corrected chi connectivity index (χ2v) is 6.05. The summed E-state index contributed by atoms with van der Waals surface area (Å²) in [5.41, 5.74) is 1.43. The van der Waals surface area contributed by atoms with E-state index in [2.05, 4.69) is 34.2 Å². The van der Waals surface area contributed by atoms with Crippen molar-refractivity contribution in [1.82, 2.24) is 9.97 Å². The van der Waals surface area contributed by atoms with E-state index in [1.165, 1.54) is 30.9 Å². The van der Waals surface area contributed by atoms with E-state index >= 15 is 0 Å². The summed E-state index contributed by atoms with van der Waals surface area (Å²) in [5, 5.41) is 9.11. The van der Waals surface area contributed by atoms with Gasteiger partial charge in [0.05, 0.1) is 0 Å². The molecular formula is C18H20N2O2. The molecule has 1 heterocycles. The molecule has 4 nitrogen and oxygen atoms in total. The monoisotopic (exact) mass is 296 g/mol. The normalized spacial score (nSPS) is 17.1. The zero-order valence-corrected chi connectivity index (χ0v) is 12.5. The van der Waals surface area contributed by atoms with Crippen LogP contribution in [-0.2, 0) is 11.8 Å². The minimum Gasteiger partial charge on any atom is -0.477 e. The molecule has 22 heavy (non-hydrogen) atoms.